The predicted octanol–water partition coefficient (Wildman–Crippen LogP) is -1.23. The Balaban J connectivity index is 3.07. The molecule has 0 unspecified atom stereocenters. The predicted molar refractivity (Wildman–Crippen MR) is 43.8 cm³/mol. The topological polar surface area (TPSA) is 109 Å². The molecule has 0 radical (unpaired) electrons. The largest absolute Gasteiger partial charge is 0.389 e. The van der Waals surface area contributed by atoms with Gasteiger partial charge in [-0.15, -0.1) is 0 Å². The lowest BCUT2D eigenvalue weighted by atomic mass is 10.4. The first-order chi connectivity index (χ1) is 6.49. The summed E-state index contributed by atoms with van der Waals surface area (Å²) in [5.74, 6) is -1.89. The molecule has 0 amide bonds. The molecule has 0 spiro atoms. The van der Waals surface area contributed by atoms with Gasteiger partial charge in [0.2, 0.25) is 0 Å². The lowest BCUT2D eigenvalue weighted by Crippen LogP contribution is -2.26. The van der Waals surface area contributed by atoms with E-state index in [0.29, 0.717) is 0 Å². The van der Waals surface area contributed by atoms with Gasteiger partial charge in [0.1, 0.15) is 5.69 Å². The monoisotopic (exact) mass is 198 g/mol. The summed E-state index contributed by atoms with van der Waals surface area (Å²) in [6.07, 6.45) is 0. The second kappa shape index (κ2) is 3.69. The van der Waals surface area contributed by atoms with Crippen molar-refractivity contribution in [2.75, 3.05) is 0 Å². The van der Waals surface area contributed by atoms with Crippen LogP contribution in [-0.2, 0) is 9.53 Å². The number of esters is 2. The zero-order valence-electron chi connectivity index (χ0n) is 7.12. The fourth-order valence-electron chi connectivity index (χ4n) is 0.764. The molecule has 0 saturated heterocycles. The maximum atomic E-state index is 11.0. The van der Waals surface area contributed by atoms with E-state index in [4.69, 9.17) is 0 Å². The quantitative estimate of drug-likeness (QED) is 0.433. The van der Waals surface area contributed by atoms with Gasteiger partial charge in [-0.05, 0) is 0 Å². The Morgan fingerprint density at radius 3 is 2.43 bits per heavy atom. The normalized spacial score (nSPS) is 9.50. The molecule has 1 aromatic rings. The molecule has 0 atom stereocenters. The van der Waals surface area contributed by atoms with Crippen LogP contribution in [0, 0.1) is 0 Å². The molecule has 7 nitrogen and oxygen atoms in total. The summed E-state index contributed by atoms with van der Waals surface area (Å²) in [7, 11) is 0. The van der Waals surface area contributed by atoms with Crippen LogP contribution in [0.3, 0.4) is 0 Å². The zero-order chi connectivity index (χ0) is 10.7. The van der Waals surface area contributed by atoms with Crippen molar-refractivity contribution in [1.82, 2.24) is 9.97 Å². The van der Waals surface area contributed by atoms with Crippen molar-refractivity contribution in [3.8, 4) is 0 Å². The number of hydrogen-bond donors (Lipinski definition) is 2. The Morgan fingerprint density at radius 2 is 1.93 bits per heavy atom. The smallest absolute Gasteiger partial charge is 0.362 e. The fourth-order valence-corrected chi connectivity index (χ4v) is 0.764. The van der Waals surface area contributed by atoms with E-state index in [2.05, 4.69) is 4.74 Å². The van der Waals surface area contributed by atoms with Crippen LogP contribution in [0.1, 0.15) is 17.4 Å². The van der Waals surface area contributed by atoms with Crippen LogP contribution in [0.15, 0.2) is 15.7 Å². The van der Waals surface area contributed by atoms with Crippen LogP contribution < -0.4 is 11.2 Å². The van der Waals surface area contributed by atoms with Crippen molar-refractivity contribution in [3.05, 3.63) is 32.6 Å². The molecule has 0 aromatic carbocycles. The van der Waals surface area contributed by atoms with Crippen molar-refractivity contribution in [2.24, 2.45) is 0 Å². The summed E-state index contributed by atoms with van der Waals surface area (Å²) >= 11 is 0. The Bertz CT molecular complexity index is 455. The summed E-state index contributed by atoms with van der Waals surface area (Å²) in [4.78, 5) is 46.7. The molecular weight excluding hydrogens is 192 g/mol. The van der Waals surface area contributed by atoms with Crippen LogP contribution >= 0.6 is 0 Å². The van der Waals surface area contributed by atoms with Gasteiger partial charge in [0.25, 0.3) is 5.56 Å². The minimum Gasteiger partial charge on any atom is -0.389 e. The van der Waals surface area contributed by atoms with Crippen molar-refractivity contribution >= 4 is 11.9 Å². The summed E-state index contributed by atoms with van der Waals surface area (Å²) in [6.45, 7) is 1.03. The summed E-state index contributed by atoms with van der Waals surface area (Å²) in [6, 6.07) is 0.826. The van der Waals surface area contributed by atoms with E-state index >= 15 is 0 Å². The number of H-pyrrole nitrogens is 2. The Kier molecular flexibility index (Phi) is 2.61. The Morgan fingerprint density at radius 1 is 1.29 bits per heavy atom. The third-order valence-corrected chi connectivity index (χ3v) is 1.22. The molecule has 7 heteroatoms. The molecular formula is C7H6N2O5. The molecule has 2 N–H and O–H groups in total. The first kappa shape index (κ1) is 9.90. The number of carbonyl (C=O) groups is 2. The number of rotatable bonds is 1. The summed E-state index contributed by atoms with van der Waals surface area (Å²) in [5, 5.41) is 0. The van der Waals surface area contributed by atoms with Gasteiger partial charge in [-0.2, -0.15) is 0 Å². The second-order valence-corrected chi connectivity index (χ2v) is 2.38. The third-order valence-electron chi connectivity index (χ3n) is 1.22. The second-order valence-electron chi connectivity index (χ2n) is 2.38. The highest BCUT2D eigenvalue weighted by molar-refractivity contribution is 5.94. The maximum Gasteiger partial charge on any atom is 0.362 e. The van der Waals surface area contributed by atoms with Gasteiger partial charge < -0.3 is 9.72 Å². The molecule has 1 rings (SSSR count). The van der Waals surface area contributed by atoms with Crippen LogP contribution in [0.2, 0.25) is 0 Å². The van der Waals surface area contributed by atoms with Gasteiger partial charge in [0.05, 0.1) is 0 Å². The minimum atomic E-state index is -1.07. The fraction of sp³-hybridized carbons (Fsp3) is 0.143. The van der Waals surface area contributed by atoms with Crippen molar-refractivity contribution < 1.29 is 14.3 Å². The molecule has 14 heavy (non-hydrogen) atoms. The number of ether oxygens (including phenoxy) is 1. The molecule has 0 bridgehead atoms. The van der Waals surface area contributed by atoms with Gasteiger partial charge in [0, 0.05) is 13.0 Å². The molecule has 0 aliphatic heterocycles. The van der Waals surface area contributed by atoms with E-state index in [1.54, 1.807) is 0 Å². The van der Waals surface area contributed by atoms with E-state index in [1.807, 2.05) is 9.97 Å². The van der Waals surface area contributed by atoms with E-state index in [0.717, 1.165) is 13.0 Å². The minimum absolute atomic E-state index is 0.367. The van der Waals surface area contributed by atoms with Gasteiger partial charge in [0.15, 0.2) is 0 Å². The van der Waals surface area contributed by atoms with Crippen molar-refractivity contribution in [3.63, 3.8) is 0 Å². The molecule has 0 aliphatic rings. The molecule has 1 heterocycles. The summed E-state index contributed by atoms with van der Waals surface area (Å²) < 4.78 is 4.15. The van der Waals surface area contributed by atoms with E-state index in [-0.39, 0.29) is 5.69 Å². The standard InChI is InChI=1S/C7H6N2O5/c1-3(10)14-6(12)4-2-5(11)9-7(13)8-4/h2H,1H3,(H2,8,9,11,13). The zero-order valence-corrected chi connectivity index (χ0v) is 7.12. The Hall–Kier alpha value is -2.18. The van der Waals surface area contributed by atoms with Crippen LogP contribution in [-0.4, -0.2) is 21.9 Å². The highest BCUT2D eigenvalue weighted by atomic mass is 16.6. The van der Waals surface area contributed by atoms with Crippen LogP contribution in [0.25, 0.3) is 0 Å². The van der Waals surface area contributed by atoms with Gasteiger partial charge in [-0.25, -0.2) is 9.59 Å². The lowest BCUT2D eigenvalue weighted by Gasteiger charge is -1.97. The maximum absolute atomic E-state index is 11.0. The first-order valence-corrected chi connectivity index (χ1v) is 3.55. The number of aromatic nitrogens is 2. The van der Waals surface area contributed by atoms with E-state index in [1.165, 1.54) is 0 Å². The Labute approximate surface area is 76.7 Å². The van der Waals surface area contributed by atoms with Crippen molar-refractivity contribution in [1.29, 1.82) is 0 Å². The average Bonchev–Trinajstić information content (AvgIpc) is 2.00. The number of hydrogen-bond acceptors (Lipinski definition) is 5. The summed E-state index contributed by atoms with van der Waals surface area (Å²) in [5.41, 5.74) is -1.95. The van der Waals surface area contributed by atoms with Crippen molar-refractivity contribution in [2.45, 2.75) is 6.92 Å². The van der Waals surface area contributed by atoms with Gasteiger partial charge in [-0.3, -0.25) is 14.6 Å². The average molecular weight is 198 g/mol. The van der Waals surface area contributed by atoms with E-state index < -0.39 is 23.2 Å². The van der Waals surface area contributed by atoms with Gasteiger partial charge in [-0.1, -0.05) is 0 Å². The highest BCUT2D eigenvalue weighted by Gasteiger charge is 2.11. The number of aromatic amines is 2. The molecule has 0 saturated carbocycles. The van der Waals surface area contributed by atoms with Crippen LogP contribution in [0.5, 0.6) is 0 Å². The van der Waals surface area contributed by atoms with Crippen LogP contribution in [0.4, 0.5) is 0 Å². The number of carbonyl (C=O) groups excluding carboxylic acids is 2. The molecule has 0 fully saturated rings. The SMILES string of the molecule is CC(=O)OC(=O)c1cc(=O)[nH]c(=O)[nH]1. The third kappa shape index (κ3) is 2.41. The molecule has 0 aliphatic carbocycles. The number of nitrogens with one attached hydrogen (secondary N) is 2. The highest BCUT2D eigenvalue weighted by Crippen LogP contribution is 1.91. The first-order valence-electron chi connectivity index (χ1n) is 3.55. The van der Waals surface area contributed by atoms with E-state index in [9.17, 15) is 19.2 Å². The molecule has 1 aromatic heterocycles. The lowest BCUT2D eigenvalue weighted by molar-refractivity contribution is -0.135. The van der Waals surface area contributed by atoms with Gasteiger partial charge >= 0.3 is 17.6 Å². The molecule has 74 valence electrons.